The lowest BCUT2D eigenvalue weighted by Gasteiger charge is -2.01. The standard InChI is InChI=1S/C9H12B/c1-7-4-5-8(2)9(6-7)10-3/h4-6H,1-3H3. The van der Waals surface area contributed by atoms with E-state index in [1.807, 2.05) is 0 Å². The van der Waals surface area contributed by atoms with E-state index in [1.165, 1.54) is 16.6 Å². The third kappa shape index (κ3) is 1.41. The van der Waals surface area contributed by atoms with Crippen molar-refractivity contribution in [1.82, 2.24) is 0 Å². The van der Waals surface area contributed by atoms with Crippen LogP contribution in [0.4, 0.5) is 0 Å². The van der Waals surface area contributed by atoms with E-state index in [-0.39, 0.29) is 0 Å². The third-order valence-electron chi connectivity index (χ3n) is 1.75. The van der Waals surface area contributed by atoms with E-state index in [1.54, 1.807) is 0 Å². The Morgan fingerprint density at radius 2 is 1.90 bits per heavy atom. The molecule has 0 N–H and O–H groups in total. The fourth-order valence-electron chi connectivity index (χ4n) is 1.07. The summed E-state index contributed by atoms with van der Waals surface area (Å²) in [5.41, 5.74) is 4.03. The normalized spacial score (nSPS) is 9.50. The van der Waals surface area contributed by atoms with Crippen molar-refractivity contribution in [2.75, 3.05) is 0 Å². The maximum Gasteiger partial charge on any atom is 0.148 e. The van der Waals surface area contributed by atoms with Gasteiger partial charge in [0.25, 0.3) is 0 Å². The average Bonchev–Trinajstić information content (AvgIpc) is 1.94. The van der Waals surface area contributed by atoms with E-state index < -0.39 is 0 Å². The van der Waals surface area contributed by atoms with Crippen LogP contribution in [0.2, 0.25) is 6.82 Å². The molecule has 1 heteroatoms. The Kier molecular flexibility index (Phi) is 2.15. The highest BCUT2D eigenvalue weighted by Crippen LogP contribution is 1.97. The highest BCUT2D eigenvalue weighted by atomic mass is 13.9. The molecule has 1 aromatic rings. The van der Waals surface area contributed by atoms with Crippen molar-refractivity contribution < 1.29 is 0 Å². The Hall–Kier alpha value is -0.715. The summed E-state index contributed by atoms with van der Waals surface area (Å²) < 4.78 is 0. The molecule has 0 bridgehead atoms. The Morgan fingerprint density at radius 1 is 1.20 bits per heavy atom. The first-order valence-corrected chi connectivity index (χ1v) is 3.60. The van der Waals surface area contributed by atoms with Gasteiger partial charge in [-0.05, 0) is 13.8 Å². The van der Waals surface area contributed by atoms with Crippen LogP contribution < -0.4 is 5.46 Å². The van der Waals surface area contributed by atoms with Crippen LogP contribution >= 0.6 is 0 Å². The van der Waals surface area contributed by atoms with Gasteiger partial charge in [-0.1, -0.05) is 41.6 Å². The Labute approximate surface area is 63.5 Å². The zero-order valence-corrected chi connectivity index (χ0v) is 6.81. The first-order valence-electron chi connectivity index (χ1n) is 3.60. The summed E-state index contributed by atoms with van der Waals surface area (Å²) in [6, 6.07) is 6.50. The molecule has 0 saturated heterocycles. The van der Waals surface area contributed by atoms with Crippen LogP contribution in [0.3, 0.4) is 0 Å². The molecule has 1 aromatic carbocycles. The van der Waals surface area contributed by atoms with E-state index in [2.05, 4.69) is 46.1 Å². The van der Waals surface area contributed by atoms with Crippen LogP contribution in [-0.2, 0) is 0 Å². The zero-order valence-electron chi connectivity index (χ0n) is 6.81. The molecular formula is C9H12B. The summed E-state index contributed by atoms with van der Waals surface area (Å²) in [5.74, 6) is 0. The molecule has 0 fully saturated rings. The van der Waals surface area contributed by atoms with Crippen LogP contribution in [0.15, 0.2) is 18.2 Å². The Morgan fingerprint density at radius 3 is 2.40 bits per heavy atom. The molecule has 0 aliphatic rings. The molecule has 0 nitrogen and oxygen atoms in total. The van der Waals surface area contributed by atoms with E-state index in [0.29, 0.717) is 0 Å². The third-order valence-corrected chi connectivity index (χ3v) is 1.75. The molecule has 0 aliphatic heterocycles. The second-order valence-corrected chi connectivity index (χ2v) is 2.65. The molecule has 51 valence electrons. The molecular weight excluding hydrogens is 119 g/mol. The smallest absolute Gasteiger partial charge is 0.0872 e. The molecule has 0 saturated carbocycles. The number of aryl methyl sites for hydroxylation is 2. The molecule has 1 rings (SSSR count). The average molecular weight is 131 g/mol. The van der Waals surface area contributed by atoms with Crippen molar-refractivity contribution in [3.8, 4) is 0 Å². The summed E-state index contributed by atoms with van der Waals surface area (Å²) in [6.45, 7) is 6.32. The van der Waals surface area contributed by atoms with E-state index in [0.717, 1.165) is 0 Å². The van der Waals surface area contributed by atoms with Crippen molar-refractivity contribution in [3.63, 3.8) is 0 Å². The summed E-state index contributed by atoms with van der Waals surface area (Å²) >= 11 is 0. The molecule has 0 atom stereocenters. The van der Waals surface area contributed by atoms with Crippen LogP contribution in [0.5, 0.6) is 0 Å². The van der Waals surface area contributed by atoms with Crippen LogP contribution in [0.1, 0.15) is 11.1 Å². The lowest BCUT2D eigenvalue weighted by atomic mass is 9.71. The van der Waals surface area contributed by atoms with Gasteiger partial charge in [0, 0.05) is 0 Å². The van der Waals surface area contributed by atoms with Gasteiger partial charge in [-0.25, -0.2) is 0 Å². The number of hydrogen-bond acceptors (Lipinski definition) is 0. The van der Waals surface area contributed by atoms with Gasteiger partial charge in [0.1, 0.15) is 7.28 Å². The van der Waals surface area contributed by atoms with Gasteiger partial charge in [-0.15, -0.1) is 0 Å². The number of rotatable bonds is 1. The molecule has 0 heterocycles. The quantitative estimate of drug-likeness (QED) is 0.508. The second kappa shape index (κ2) is 2.91. The summed E-state index contributed by atoms with van der Waals surface area (Å²) in [4.78, 5) is 0. The van der Waals surface area contributed by atoms with Crippen LogP contribution in [0, 0.1) is 13.8 Å². The molecule has 0 aromatic heterocycles. The lowest BCUT2D eigenvalue weighted by molar-refractivity contribution is 1.43. The van der Waals surface area contributed by atoms with Crippen molar-refractivity contribution in [1.29, 1.82) is 0 Å². The van der Waals surface area contributed by atoms with E-state index in [9.17, 15) is 0 Å². The minimum atomic E-state index is 1.33. The van der Waals surface area contributed by atoms with Crippen LogP contribution in [0.25, 0.3) is 0 Å². The first kappa shape index (κ1) is 7.39. The van der Waals surface area contributed by atoms with Gasteiger partial charge >= 0.3 is 0 Å². The summed E-state index contributed by atoms with van der Waals surface area (Å²) in [5, 5.41) is 0. The van der Waals surface area contributed by atoms with Gasteiger partial charge in [-0.3, -0.25) is 0 Å². The van der Waals surface area contributed by atoms with Crippen molar-refractivity contribution >= 4 is 12.7 Å². The molecule has 0 amide bonds. The molecule has 0 unspecified atom stereocenters. The Bertz CT molecular complexity index is 228. The molecule has 0 aliphatic carbocycles. The summed E-state index contributed by atoms with van der Waals surface area (Å²) in [7, 11) is 2.14. The molecule has 1 radical (unpaired) electrons. The number of benzene rings is 1. The topological polar surface area (TPSA) is 0 Å². The predicted octanol–water partition coefficient (Wildman–Crippen LogP) is 1.68. The monoisotopic (exact) mass is 131 g/mol. The Balaban J connectivity index is 3.09. The van der Waals surface area contributed by atoms with Gasteiger partial charge in [0.2, 0.25) is 0 Å². The largest absolute Gasteiger partial charge is 0.148 e. The van der Waals surface area contributed by atoms with Gasteiger partial charge in [0.15, 0.2) is 0 Å². The first-order chi connectivity index (χ1) is 4.74. The second-order valence-electron chi connectivity index (χ2n) is 2.65. The van der Waals surface area contributed by atoms with E-state index in [4.69, 9.17) is 0 Å². The highest BCUT2D eigenvalue weighted by Gasteiger charge is 1.94. The van der Waals surface area contributed by atoms with Gasteiger partial charge in [-0.2, -0.15) is 0 Å². The molecule has 0 spiro atoms. The van der Waals surface area contributed by atoms with Crippen molar-refractivity contribution in [2.45, 2.75) is 20.7 Å². The fraction of sp³-hybridized carbons (Fsp3) is 0.333. The van der Waals surface area contributed by atoms with Gasteiger partial charge < -0.3 is 0 Å². The van der Waals surface area contributed by atoms with E-state index >= 15 is 0 Å². The lowest BCUT2D eigenvalue weighted by Crippen LogP contribution is -2.14. The van der Waals surface area contributed by atoms with Crippen LogP contribution in [-0.4, -0.2) is 7.28 Å². The number of hydrogen-bond donors (Lipinski definition) is 0. The van der Waals surface area contributed by atoms with Gasteiger partial charge in [0.05, 0.1) is 0 Å². The maximum atomic E-state index is 2.20. The maximum absolute atomic E-state index is 2.20. The SMILES string of the molecule is C[B]c1cc(C)ccc1C. The molecule has 10 heavy (non-hydrogen) atoms. The summed E-state index contributed by atoms with van der Waals surface area (Å²) in [6.07, 6.45) is 0. The highest BCUT2D eigenvalue weighted by molar-refractivity contribution is 6.52. The predicted molar refractivity (Wildman–Crippen MR) is 47.2 cm³/mol. The van der Waals surface area contributed by atoms with Crippen molar-refractivity contribution in [2.24, 2.45) is 0 Å². The minimum absolute atomic E-state index is 1.33. The fourth-order valence-corrected chi connectivity index (χ4v) is 1.07. The zero-order chi connectivity index (χ0) is 7.56. The minimum Gasteiger partial charge on any atom is -0.0872 e. The van der Waals surface area contributed by atoms with Crippen molar-refractivity contribution in [3.05, 3.63) is 29.3 Å².